The standard InChI is InChI=1S/C15H26N2O4/c1-21-10-4-9-16-15(20)17-12-6-3-2-5-11(12)7-8-13(17)14(18)19/h11-13H,2-10H2,1H3,(H,16,20)(H,18,19). The Hall–Kier alpha value is -1.30. The van der Waals surface area contributed by atoms with Crippen molar-refractivity contribution in [3.63, 3.8) is 0 Å². The number of ether oxygens (including phenoxy) is 1. The largest absolute Gasteiger partial charge is 0.480 e. The number of methoxy groups -OCH3 is 1. The Labute approximate surface area is 125 Å². The summed E-state index contributed by atoms with van der Waals surface area (Å²) >= 11 is 0. The maximum absolute atomic E-state index is 12.4. The van der Waals surface area contributed by atoms with Crippen molar-refractivity contribution < 1.29 is 19.4 Å². The van der Waals surface area contributed by atoms with E-state index in [2.05, 4.69) is 5.32 Å². The zero-order chi connectivity index (χ0) is 15.2. The van der Waals surface area contributed by atoms with Gasteiger partial charge in [-0.25, -0.2) is 9.59 Å². The third-order valence-corrected chi connectivity index (χ3v) is 4.69. The Morgan fingerprint density at radius 2 is 2.00 bits per heavy atom. The molecule has 3 unspecified atom stereocenters. The van der Waals surface area contributed by atoms with Crippen molar-refractivity contribution in [3.05, 3.63) is 0 Å². The molecule has 0 bridgehead atoms. The Kier molecular flexibility index (Phi) is 5.85. The molecule has 0 aromatic heterocycles. The number of rotatable bonds is 5. The lowest BCUT2D eigenvalue weighted by atomic mass is 9.76. The number of nitrogens with zero attached hydrogens (tertiary/aromatic N) is 1. The summed E-state index contributed by atoms with van der Waals surface area (Å²) in [5.74, 6) is -0.412. The van der Waals surface area contributed by atoms with E-state index in [0.29, 0.717) is 25.5 Å². The second-order valence-electron chi connectivity index (χ2n) is 6.03. The third kappa shape index (κ3) is 3.87. The lowest BCUT2D eigenvalue weighted by Crippen LogP contribution is -2.60. The molecule has 1 saturated heterocycles. The zero-order valence-electron chi connectivity index (χ0n) is 12.7. The number of likely N-dealkylation sites (tertiary alicyclic amines) is 1. The Bertz CT molecular complexity index is 375. The quantitative estimate of drug-likeness (QED) is 0.759. The lowest BCUT2D eigenvalue weighted by Gasteiger charge is -2.46. The first-order chi connectivity index (χ1) is 10.1. The lowest BCUT2D eigenvalue weighted by molar-refractivity contribution is -0.145. The van der Waals surface area contributed by atoms with Crippen molar-refractivity contribution in [2.75, 3.05) is 20.3 Å². The van der Waals surface area contributed by atoms with Gasteiger partial charge in [0.1, 0.15) is 6.04 Å². The average Bonchev–Trinajstić information content (AvgIpc) is 2.50. The second-order valence-corrected chi connectivity index (χ2v) is 6.03. The first kappa shape index (κ1) is 16.1. The number of carboxylic acid groups (broad SMARTS) is 1. The van der Waals surface area contributed by atoms with Gasteiger partial charge >= 0.3 is 12.0 Å². The van der Waals surface area contributed by atoms with E-state index in [9.17, 15) is 14.7 Å². The number of urea groups is 1. The fourth-order valence-electron chi connectivity index (χ4n) is 3.67. The van der Waals surface area contributed by atoms with Gasteiger partial charge in [0.2, 0.25) is 0 Å². The predicted octanol–water partition coefficient (Wildman–Crippen LogP) is 1.84. The average molecular weight is 298 g/mol. The fraction of sp³-hybridized carbons (Fsp3) is 0.867. The molecule has 0 spiro atoms. The molecule has 6 nitrogen and oxygen atoms in total. The number of aliphatic carboxylic acids is 1. The Morgan fingerprint density at radius 1 is 1.24 bits per heavy atom. The van der Waals surface area contributed by atoms with Crippen LogP contribution in [0.4, 0.5) is 4.79 Å². The molecular weight excluding hydrogens is 272 g/mol. The summed E-state index contributed by atoms with van der Waals surface area (Å²) < 4.78 is 4.96. The Balaban J connectivity index is 2.01. The maximum atomic E-state index is 12.4. The molecular formula is C15H26N2O4. The van der Waals surface area contributed by atoms with Crippen LogP contribution >= 0.6 is 0 Å². The summed E-state index contributed by atoms with van der Waals surface area (Å²) in [5.41, 5.74) is 0. The Morgan fingerprint density at radius 3 is 2.71 bits per heavy atom. The number of piperidine rings is 1. The molecule has 120 valence electrons. The molecule has 1 saturated carbocycles. The van der Waals surface area contributed by atoms with Gasteiger partial charge in [-0.2, -0.15) is 0 Å². The number of hydrogen-bond acceptors (Lipinski definition) is 3. The molecule has 1 heterocycles. The van der Waals surface area contributed by atoms with Crippen LogP contribution in [0.3, 0.4) is 0 Å². The van der Waals surface area contributed by atoms with E-state index in [1.165, 1.54) is 6.42 Å². The number of nitrogens with one attached hydrogen (secondary N) is 1. The van der Waals surface area contributed by atoms with Crippen LogP contribution in [0.2, 0.25) is 0 Å². The molecule has 6 heteroatoms. The number of carbonyl (C=O) groups excluding carboxylic acids is 1. The van der Waals surface area contributed by atoms with Crippen LogP contribution in [-0.4, -0.2) is 54.4 Å². The van der Waals surface area contributed by atoms with Crippen LogP contribution in [-0.2, 0) is 9.53 Å². The fourth-order valence-corrected chi connectivity index (χ4v) is 3.67. The van der Waals surface area contributed by atoms with Crippen LogP contribution < -0.4 is 5.32 Å². The monoisotopic (exact) mass is 298 g/mol. The number of carboxylic acids is 1. The second kappa shape index (κ2) is 7.64. The SMILES string of the molecule is COCCCNC(=O)N1C(C(=O)O)CCC2CCCCC21. The maximum Gasteiger partial charge on any atom is 0.326 e. The number of hydrogen-bond donors (Lipinski definition) is 2. The predicted molar refractivity (Wildman–Crippen MR) is 78.1 cm³/mol. The van der Waals surface area contributed by atoms with E-state index < -0.39 is 12.0 Å². The number of fused-ring (bicyclic) bond motifs is 1. The molecule has 2 fully saturated rings. The molecule has 0 aromatic rings. The minimum Gasteiger partial charge on any atom is -0.480 e. The van der Waals surface area contributed by atoms with E-state index >= 15 is 0 Å². The summed E-state index contributed by atoms with van der Waals surface area (Å²) in [6, 6.07) is -0.807. The van der Waals surface area contributed by atoms with Crippen molar-refractivity contribution in [2.45, 2.75) is 57.0 Å². The first-order valence-corrected chi connectivity index (χ1v) is 7.93. The number of amides is 2. The minimum atomic E-state index is -0.883. The van der Waals surface area contributed by atoms with Crippen molar-refractivity contribution in [3.8, 4) is 0 Å². The molecule has 0 radical (unpaired) electrons. The summed E-state index contributed by atoms with van der Waals surface area (Å²) in [5, 5.41) is 12.3. The van der Waals surface area contributed by atoms with Crippen molar-refractivity contribution in [1.82, 2.24) is 10.2 Å². The van der Waals surface area contributed by atoms with Crippen molar-refractivity contribution in [2.24, 2.45) is 5.92 Å². The van der Waals surface area contributed by atoms with Gasteiger partial charge in [-0.15, -0.1) is 0 Å². The van der Waals surface area contributed by atoms with Crippen LogP contribution in [0, 0.1) is 5.92 Å². The molecule has 2 rings (SSSR count). The number of carbonyl (C=O) groups is 2. The van der Waals surface area contributed by atoms with E-state index in [0.717, 1.165) is 32.1 Å². The molecule has 0 aromatic carbocycles. The summed E-state index contributed by atoms with van der Waals surface area (Å²) in [6.45, 7) is 1.11. The third-order valence-electron chi connectivity index (χ3n) is 4.69. The molecule has 1 aliphatic carbocycles. The molecule has 2 N–H and O–H groups in total. The highest BCUT2D eigenvalue weighted by Crippen LogP contribution is 2.37. The van der Waals surface area contributed by atoms with Gasteiger partial charge in [0.15, 0.2) is 0 Å². The van der Waals surface area contributed by atoms with E-state index in [1.807, 2.05) is 0 Å². The molecule has 3 atom stereocenters. The van der Waals surface area contributed by atoms with Crippen molar-refractivity contribution >= 4 is 12.0 Å². The van der Waals surface area contributed by atoms with Gasteiger partial charge in [0.25, 0.3) is 0 Å². The highest BCUT2D eigenvalue weighted by Gasteiger charge is 2.43. The summed E-state index contributed by atoms with van der Waals surface area (Å²) in [7, 11) is 1.62. The van der Waals surface area contributed by atoms with Gasteiger partial charge < -0.3 is 20.1 Å². The summed E-state index contributed by atoms with van der Waals surface area (Å²) in [4.78, 5) is 25.5. The molecule has 1 aliphatic heterocycles. The van der Waals surface area contributed by atoms with Gasteiger partial charge in [-0.05, 0) is 38.0 Å². The van der Waals surface area contributed by atoms with Gasteiger partial charge in [0, 0.05) is 26.3 Å². The van der Waals surface area contributed by atoms with E-state index in [1.54, 1.807) is 12.0 Å². The zero-order valence-corrected chi connectivity index (χ0v) is 12.7. The van der Waals surface area contributed by atoms with Gasteiger partial charge in [-0.3, -0.25) is 0 Å². The topological polar surface area (TPSA) is 78.9 Å². The van der Waals surface area contributed by atoms with Gasteiger partial charge in [-0.1, -0.05) is 12.8 Å². The summed E-state index contributed by atoms with van der Waals surface area (Å²) in [6.07, 6.45) is 6.56. The van der Waals surface area contributed by atoms with Crippen LogP contribution in [0.5, 0.6) is 0 Å². The normalized spacial score (nSPS) is 28.8. The minimum absolute atomic E-state index is 0.0935. The molecule has 2 aliphatic rings. The van der Waals surface area contributed by atoms with Gasteiger partial charge in [0.05, 0.1) is 0 Å². The smallest absolute Gasteiger partial charge is 0.326 e. The van der Waals surface area contributed by atoms with E-state index in [-0.39, 0.29) is 12.1 Å². The highest BCUT2D eigenvalue weighted by molar-refractivity contribution is 5.83. The van der Waals surface area contributed by atoms with E-state index in [4.69, 9.17) is 4.74 Å². The van der Waals surface area contributed by atoms with Crippen molar-refractivity contribution in [1.29, 1.82) is 0 Å². The molecule has 21 heavy (non-hydrogen) atoms. The molecule has 2 amide bonds. The van der Waals surface area contributed by atoms with Crippen LogP contribution in [0.15, 0.2) is 0 Å². The van der Waals surface area contributed by atoms with Crippen LogP contribution in [0.25, 0.3) is 0 Å². The van der Waals surface area contributed by atoms with Crippen LogP contribution in [0.1, 0.15) is 44.9 Å². The highest BCUT2D eigenvalue weighted by atomic mass is 16.5. The first-order valence-electron chi connectivity index (χ1n) is 7.93.